The molecular weight excluding hydrogens is 324 g/mol. The van der Waals surface area contributed by atoms with E-state index in [9.17, 15) is 4.79 Å². The van der Waals surface area contributed by atoms with Crippen LogP contribution in [-0.4, -0.2) is 37.6 Å². The molecule has 0 aliphatic carbocycles. The molecule has 5 heteroatoms. The van der Waals surface area contributed by atoms with Crippen molar-refractivity contribution in [1.82, 2.24) is 10.2 Å². The predicted molar refractivity (Wildman–Crippen MR) is 98.8 cm³/mol. The van der Waals surface area contributed by atoms with Crippen molar-refractivity contribution in [2.45, 2.75) is 44.6 Å². The van der Waals surface area contributed by atoms with Crippen molar-refractivity contribution in [3.05, 3.63) is 29.8 Å². The maximum atomic E-state index is 12.7. The van der Waals surface area contributed by atoms with Gasteiger partial charge in [-0.3, -0.25) is 4.79 Å². The minimum atomic E-state index is 0. The van der Waals surface area contributed by atoms with Gasteiger partial charge in [0.1, 0.15) is 5.75 Å². The van der Waals surface area contributed by atoms with Crippen LogP contribution in [0, 0.1) is 5.92 Å². The number of amides is 1. The van der Waals surface area contributed by atoms with Gasteiger partial charge in [-0.2, -0.15) is 0 Å². The number of carbonyl (C=O) groups excluding carboxylic acids is 1. The molecule has 0 spiro atoms. The van der Waals surface area contributed by atoms with E-state index >= 15 is 0 Å². The Labute approximate surface area is 151 Å². The van der Waals surface area contributed by atoms with Gasteiger partial charge in [-0.25, -0.2) is 0 Å². The average Bonchev–Trinajstić information content (AvgIpc) is 3.10. The molecule has 24 heavy (non-hydrogen) atoms. The molecule has 1 N–H and O–H groups in total. The summed E-state index contributed by atoms with van der Waals surface area (Å²) in [6.07, 6.45) is 6.37. The monoisotopic (exact) mass is 352 g/mol. The predicted octanol–water partition coefficient (Wildman–Crippen LogP) is 3.56. The molecule has 0 bridgehead atoms. The van der Waals surface area contributed by atoms with E-state index in [1.54, 1.807) is 7.11 Å². The Morgan fingerprint density at radius 2 is 1.92 bits per heavy atom. The first kappa shape index (κ1) is 19.1. The summed E-state index contributed by atoms with van der Waals surface area (Å²) in [6.45, 7) is 3.12. The van der Waals surface area contributed by atoms with Gasteiger partial charge in [0.25, 0.3) is 0 Å². The largest absolute Gasteiger partial charge is 0.497 e. The van der Waals surface area contributed by atoms with Gasteiger partial charge in [-0.05, 0) is 68.8 Å². The van der Waals surface area contributed by atoms with E-state index in [-0.39, 0.29) is 18.4 Å². The van der Waals surface area contributed by atoms with E-state index in [1.807, 2.05) is 12.1 Å². The lowest BCUT2D eigenvalue weighted by Gasteiger charge is -2.27. The van der Waals surface area contributed by atoms with Crippen molar-refractivity contribution in [2.75, 3.05) is 26.7 Å². The van der Waals surface area contributed by atoms with Gasteiger partial charge < -0.3 is 15.0 Å². The van der Waals surface area contributed by atoms with Crippen molar-refractivity contribution in [1.29, 1.82) is 0 Å². The van der Waals surface area contributed by atoms with Gasteiger partial charge in [-0.15, -0.1) is 12.4 Å². The fraction of sp³-hybridized carbons (Fsp3) is 0.632. The molecular formula is C19H29ClN2O2. The highest BCUT2D eigenvalue weighted by Crippen LogP contribution is 2.33. The second-order valence-electron chi connectivity index (χ2n) is 6.75. The smallest absolute Gasteiger partial charge is 0.223 e. The van der Waals surface area contributed by atoms with E-state index in [0.717, 1.165) is 50.6 Å². The van der Waals surface area contributed by atoms with Crippen molar-refractivity contribution >= 4 is 18.3 Å². The second kappa shape index (κ2) is 9.28. The number of carbonyl (C=O) groups is 1. The van der Waals surface area contributed by atoms with Crippen LogP contribution in [0.4, 0.5) is 0 Å². The molecule has 0 saturated carbocycles. The highest BCUT2D eigenvalue weighted by molar-refractivity contribution is 5.85. The normalized spacial score (nSPS) is 21.4. The molecule has 1 aromatic carbocycles. The molecule has 1 atom stereocenters. The Hall–Kier alpha value is -1.26. The summed E-state index contributed by atoms with van der Waals surface area (Å²) in [5, 5.41) is 3.39. The summed E-state index contributed by atoms with van der Waals surface area (Å²) in [7, 11) is 1.68. The third kappa shape index (κ3) is 4.64. The zero-order chi connectivity index (χ0) is 16.1. The standard InChI is InChI=1S/C19H28N2O2.ClH/c1-23-17-7-5-16(6-8-17)18-3-2-14-21(18)19(22)9-4-15-10-12-20-13-11-15;/h5-8,15,18,20H,2-4,9-14H2,1H3;1H. The number of likely N-dealkylation sites (tertiary alicyclic amines) is 1. The van der Waals surface area contributed by atoms with Crippen molar-refractivity contribution in [2.24, 2.45) is 5.92 Å². The summed E-state index contributed by atoms with van der Waals surface area (Å²) in [5.74, 6) is 1.93. The molecule has 134 valence electrons. The molecule has 1 amide bonds. The number of piperidine rings is 1. The quantitative estimate of drug-likeness (QED) is 0.881. The molecule has 0 aromatic heterocycles. The van der Waals surface area contributed by atoms with E-state index < -0.39 is 0 Å². The lowest BCUT2D eigenvalue weighted by Crippen LogP contribution is -2.32. The molecule has 1 unspecified atom stereocenters. The van der Waals surface area contributed by atoms with Crippen molar-refractivity contribution in [3.63, 3.8) is 0 Å². The number of hydrogen-bond donors (Lipinski definition) is 1. The van der Waals surface area contributed by atoms with E-state index in [4.69, 9.17) is 4.74 Å². The summed E-state index contributed by atoms with van der Waals surface area (Å²) >= 11 is 0. The molecule has 2 heterocycles. The van der Waals surface area contributed by atoms with Crippen LogP contribution >= 0.6 is 12.4 Å². The Bertz CT molecular complexity index is 515. The maximum Gasteiger partial charge on any atom is 0.223 e. The number of benzene rings is 1. The fourth-order valence-corrected chi connectivity index (χ4v) is 3.88. The Morgan fingerprint density at radius 3 is 2.58 bits per heavy atom. The zero-order valence-electron chi connectivity index (χ0n) is 14.5. The first-order chi connectivity index (χ1) is 11.3. The lowest BCUT2D eigenvalue weighted by atomic mass is 9.93. The number of methoxy groups -OCH3 is 1. The summed E-state index contributed by atoms with van der Waals surface area (Å²) in [6, 6.07) is 8.43. The summed E-state index contributed by atoms with van der Waals surface area (Å²) in [5.41, 5.74) is 1.23. The first-order valence-corrected chi connectivity index (χ1v) is 8.92. The van der Waals surface area contributed by atoms with Gasteiger partial charge in [0.05, 0.1) is 13.2 Å². The topological polar surface area (TPSA) is 41.6 Å². The van der Waals surface area contributed by atoms with Crippen LogP contribution < -0.4 is 10.1 Å². The first-order valence-electron chi connectivity index (χ1n) is 8.92. The average molecular weight is 353 g/mol. The SMILES string of the molecule is COc1ccc(C2CCCN2C(=O)CCC2CCNCC2)cc1.Cl. The molecule has 2 aliphatic rings. The van der Waals surface area contributed by atoms with Crippen LogP contribution in [0.3, 0.4) is 0 Å². The molecule has 2 saturated heterocycles. The number of rotatable bonds is 5. The molecule has 4 nitrogen and oxygen atoms in total. The Balaban J connectivity index is 0.00000208. The van der Waals surface area contributed by atoms with Gasteiger partial charge >= 0.3 is 0 Å². The second-order valence-corrected chi connectivity index (χ2v) is 6.75. The van der Waals surface area contributed by atoms with Gasteiger partial charge in [0.15, 0.2) is 0 Å². The van der Waals surface area contributed by atoms with Crippen LogP contribution in [0.15, 0.2) is 24.3 Å². The number of halogens is 1. The number of ether oxygens (including phenoxy) is 1. The Kier molecular flexibility index (Phi) is 7.38. The minimum Gasteiger partial charge on any atom is -0.497 e. The van der Waals surface area contributed by atoms with Crippen LogP contribution in [0.5, 0.6) is 5.75 Å². The van der Waals surface area contributed by atoms with Crippen LogP contribution in [0.2, 0.25) is 0 Å². The molecule has 1 aromatic rings. The van der Waals surface area contributed by atoms with E-state index in [1.165, 1.54) is 18.4 Å². The molecule has 0 radical (unpaired) electrons. The van der Waals surface area contributed by atoms with Crippen molar-refractivity contribution in [3.8, 4) is 5.75 Å². The zero-order valence-corrected chi connectivity index (χ0v) is 15.3. The van der Waals surface area contributed by atoms with E-state index in [2.05, 4.69) is 22.3 Å². The van der Waals surface area contributed by atoms with E-state index in [0.29, 0.717) is 12.3 Å². The van der Waals surface area contributed by atoms with Crippen LogP contribution in [-0.2, 0) is 4.79 Å². The summed E-state index contributed by atoms with van der Waals surface area (Å²) < 4.78 is 5.23. The summed E-state index contributed by atoms with van der Waals surface area (Å²) in [4.78, 5) is 14.8. The molecule has 2 aliphatic heterocycles. The third-order valence-corrected chi connectivity index (χ3v) is 5.30. The molecule has 2 fully saturated rings. The third-order valence-electron chi connectivity index (χ3n) is 5.30. The van der Waals surface area contributed by atoms with Crippen LogP contribution in [0.25, 0.3) is 0 Å². The maximum absolute atomic E-state index is 12.7. The Morgan fingerprint density at radius 1 is 1.21 bits per heavy atom. The number of hydrogen-bond acceptors (Lipinski definition) is 3. The van der Waals surface area contributed by atoms with Gasteiger partial charge in [0, 0.05) is 13.0 Å². The van der Waals surface area contributed by atoms with Gasteiger partial charge in [-0.1, -0.05) is 12.1 Å². The highest BCUT2D eigenvalue weighted by atomic mass is 35.5. The van der Waals surface area contributed by atoms with Crippen LogP contribution in [0.1, 0.15) is 50.1 Å². The fourth-order valence-electron chi connectivity index (χ4n) is 3.88. The number of nitrogens with zero attached hydrogens (tertiary/aromatic N) is 1. The minimum absolute atomic E-state index is 0. The lowest BCUT2D eigenvalue weighted by molar-refractivity contribution is -0.132. The highest BCUT2D eigenvalue weighted by Gasteiger charge is 2.30. The van der Waals surface area contributed by atoms with Crippen molar-refractivity contribution < 1.29 is 9.53 Å². The molecule has 3 rings (SSSR count). The van der Waals surface area contributed by atoms with Gasteiger partial charge in [0.2, 0.25) is 5.91 Å². The number of nitrogens with one attached hydrogen (secondary N) is 1.